The maximum atomic E-state index is 12.2. The predicted octanol–water partition coefficient (Wildman–Crippen LogP) is 7.10. The summed E-state index contributed by atoms with van der Waals surface area (Å²) in [5.74, 6) is 0.216. The van der Waals surface area contributed by atoms with E-state index in [-0.39, 0.29) is 37.5 Å². The van der Waals surface area contributed by atoms with Gasteiger partial charge < -0.3 is 9.47 Å². The summed E-state index contributed by atoms with van der Waals surface area (Å²) in [6.07, 6.45) is 0. The molecule has 1 amide bonds. The molecule has 0 aliphatic heterocycles. The molecule has 3 aromatic rings. The van der Waals surface area contributed by atoms with E-state index >= 15 is 0 Å². The summed E-state index contributed by atoms with van der Waals surface area (Å²) < 4.78 is 10.6. The lowest BCUT2D eigenvalue weighted by atomic mass is 10.2. The van der Waals surface area contributed by atoms with Crippen molar-refractivity contribution >= 4 is 80.4 Å². The van der Waals surface area contributed by atoms with E-state index < -0.39 is 5.91 Å². The summed E-state index contributed by atoms with van der Waals surface area (Å²) >= 11 is 31.3. The van der Waals surface area contributed by atoms with Gasteiger partial charge in [-0.05, 0) is 12.1 Å². The monoisotopic (exact) mass is 510 g/mol. The van der Waals surface area contributed by atoms with Crippen LogP contribution in [0.2, 0.25) is 25.1 Å². The highest BCUT2D eigenvalue weighted by atomic mass is 35.5. The Kier molecular flexibility index (Phi) is 7.37. The number of carbonyl (C=O) groups is 1. The molecule has 29 heavy (non-hydrogen) atoms. The zero-order valence-corrected chi connectivity index (χ0v) is 19.2. The number of rotatable bonds is 6. The van der Waals surface area contributed by atoms with Crippen LogP contribution in [0.1, 0.15) is 0 Å². The molecule has 3 rings (SSSR count). The summed E-state index contributed by atoms with van der Waals surface area (Å²) in [6.45, 7) is -0.387. The van der Waals surface area contributed by atoms with E-state index in [4.69, 9.17) is 67.5 Å². The number of anilines is 1. The fourth-order valence-electron chi connectivity index (χ4n) is 2.25. The van der Waals surface area contributed by atoms with Crippen molar-refractivity contribution in [1.82, 2.24) is 4.98 Å². The highest BCUT2D eigenvalue weighted by molar-refractivity contribution is 7.14. The first-order chi connectivity index (χ1) is 13.8. The van der Waals surface area contributed by atoms with Crippen LogP contribution in [0.4, 0.5) is 5.13 Å². The molecule has 152 valence electrons. The van der Waals surface area contributed by atoms with Crippen molar-refractivity contribution < 1.29 is 14.3 Å². The van der Waals surface area contributed by atoms with Gasteiger partial charge in [0.15, 0.2) is 17.5 Å². The van der Waals surface area contributed by atoms with E-state index in [9.17, 15) is 4.79 Å². The lowest BCUT2D eigenvalue weighted by molar-refractivity contribution is -0.118. The van der Waals surface area contributed by atoms with Gasteiger partial charge in [0.05, 0.1) is 27.9 Å². The molecule has 1 N–H and O–H groups in total. The Labute approximate surface area is 195 Å². The highest BCUT2D eigenvalue weighted by Gasteiger charge is 2.21. The lowest BCUT2D eigenvalue weighted by Crippen LogP contribution is -2.20. The third-order valence-electron chi connectivity index (χ3n) is 3.63. The fraction of sp³-hybridized carbons (Fsp3) is 0.111. The van der Waals surface area contributed by atoms with Crippen LogP contribution in [0.15, 0.2) is 29.6 Å². The second-order valence-corrected chi connectivity index (χ2v) is 8.25. The molecule has 0 saturated heterocycles. The zero-order chi connectivity index (χ0) is 21.1. The number of methoxy groups -OCH3 is 1. The summed E-state index contributed by atoms with van der Waals surface area (Å²) in [6, 6.07) is 7.43. The predicted molar refractivity (Wildman–Crippen MR) is 120 cm³/mol. The molecule has 0 radical (unpaired) electrons. The molecule has 0 bridgehead atoms. The van der Waals surface area contributed by atoms with Crippen LogP contribution >= 0.6 is 69.3 Å². The van der Waals surface area contributed by atoms with E-state index in [0.717, 1.165) is 5.56 Å². The normalized spacial score (nSPS) is 10.7. The minimum Gasteiger partial charge on any atom is -0.497 e. The molecule has 0 fully saturated rings. The number of ether oxygens (including phenoxy) is 2. The van der Waals surface area contributed by atoms with Gasteiger partial charge in [0.2, 0.25) is 0 Å². The number of thiazole rings is 1. The Bertz CT molecular complexity index is 1040. The smallest absolute Gasteiger partial charge is 0.264 e. The van der Waals surface area contributed by atoms with Crippen LogP contribution < -0.4 is 14.8 Å². The van der Waals surface area contributed by atoms with Crippen LogP contribution in [0.25, 0.3) is 11.3 Å². The zero-order valence-electron chi connectivity index (χ0n) is 14.6. The summed E-state index contributed by atoms with van der Waals surface area (Å²) in [4.78, 5) is 16.6. The topological polar surface area (TPSA) is 60.5 Å². The van der Waals surface area contributed by atoms with Gasteiger partial charge in [-0.3, -0.25) is 10.1 Å². The van der Waals surface area contributed by atoms with E-state index in [2.05, 4.69) is 10.3 Å². The number of amides is 1. The first-order valence-electron chi connectivity index (χ1n) is 7.85. The van der Waals surface area contributed by atoms with Crippen molar-refractivity contribution in [3.8, 4) is 22.8 Å². The van der Waals surface area contributed by atoms with Crippen LogP contribution in [0.5, 0.6) is 11.5 Å². The van der Waals surface area contributed by atoms with Gasteiger partial charge in [0, 0.05) is 10.9 Å². The molecule has 0 aliphatic carbocycles. The van der Waals surface area contributed by atoms with Crippen LogP contribution in [-0.4, -0.2) is 24.6 Å². The molecule has 5 nitrogen and oxygen atoms in total. The fourth-order valence-corrected chi connectivity index (χ4v) is 4.22. The molecule has 0 atom stereocenters. The van der Waals surface area contributed by atoms with Gasteiger partial charge in [0.1, 0.15) is 15.8 Å². The molecule has 11 heteroatoms. The Hall–Kier alpha value is -1.41. The average molecular weight is 513 g/mol. The molecule has 2 aromatic carbocycles. The van der Waals surface area contributed by atoms with Gasteiger partial charge in [-0.25, -0.2) is 4.98 Å². The minimum atomic E-state index is -0.467. The van der Waals surface area contributed by atoms with E-state index in [0.29, 0.717) is 16.6 Å². The Morgan fingerprint density at radius 1 is 1.07 bits per heavy atom. The number of hydrogen-bond donors (Lipinski definition) is 1. The largest absolute Gasteiger partial charge is 0.497 e. The SMILES string of the molecule is COc1cccc(-c2csc(NC(=O)COc3c(Cl)c(Cl)c(Cl)c(Cl)c3Cl)n2)c1. The molecule has 0 spiro atoms. The minimum absolute atomic E-state index is 0.00740. The maximum Gasteiger partial charge on any atom is 0.264 e. The van der Waals surface area contributed by atoms with E-state index in [1.165, 1.54) is 11.3 Å². The molecule has 1 aromatic heterocycles. The first-order valence-corrected chi connectivity index (χ1v) is 10.6. The molecule has 0 aliphatic rings. The van der Waals surface area contributed by atoms with Gasteiger partial charge in [0.25, 0.3) is 5.91 Å². The summed E-state index contributed by atoms with van der Waals surface area (Å²) in [7, 11) is 1.59. The number of nitrogens with zero attached hydrogens (tertiary/aromatic N) is 1. The molecule has 1 heterocycles. The maximum absolute atomic E-state index is 12.2. The van der Waals surface area contributed by atoms with Crippen molar-refractivity contribution in [2.45, 2.75) is 0 Å². The molecular weight excluding hydrogens is 502 g/mol. The van der Waals surface area contributed by atoms with Crippen LogP contribution in [-0.2, 0) is 4.79 Å². The number of aromatic nitrogens is 1. The first kappa shape index (κ1) is 22.3. The highest BCUT2D eigenvalue weighted by Crippen LogP contribution is 2.48. The van der Waals surface area contributed by atoms with Gasteiger partial charge in [-0.2, -0.15) is 0 Å². The second-order valence-electron chi connectivity index (χ2n) is 5.51. The summed E-state index contributed by atoms with van der Waals surface area (Å²) in [5.41, 5.74) is 1.56. The lowest BCUT2D eigenvalue weighted by Gasteiger charge is -2.13. The van der Waals surface area contributed by atoms with Crippen molar-refractivity contribution in [2.75, 3.05) is 19.0 Å². The third kappa shape index (κ3) is 5.02. The molecule has 0 saturated carbocycles. The van der Waals surface area contributed by atoms with Crippen LogP contribution in [0, 0.1) is 0 Å². The number of benzene rings is 2. The number of nitrogens with one attached hydrogen (secondary N) is 1. The second kappa shape index (κ2) is 9.60. The van der Waals surface area contributed by atoms with Crippen molar-refractivity contribution in [3.05, 3.63) is 54.8 Å². The Morgan fingerprint density at radius 3 is 2.38 bits per heavy atom. The van der Waals surface area contributed by atoms with Gasteiger partial charge >= 0.3 is 0 Å². The Morgan fingerprint density at radius 2 is 1.72 bits per heavy atom. The molecule has 0 unspecified atom stereocenters. The quantitative estimate of drug-likeness (QED) is 0.283. The number of halogens is 5. The van der Waals surface area contributed by atoms with E-state index in [1.54, 1.807) is 7.11 Å². The third-order valence-corrected chi connectivity index (χ3v) is 6.63. The van der Waals surface area contributed by atoms with Crippen molar-refractivity contribution in [2.24, 2.45) is 0 Å². The number of hydrogen-bond acceptors (Lipinski definition) is 5. The molecular formula is C18H11Cl5N2O3S. The van der Waals surface area contributed by atoms with Crippen molar-refractivity contribution in [1.29, 1.82) is 0 Å². The Balaban J connectivity index is 1.68. The van der Waals surface area contributed by atoms with E-state index in [1.807, 2.05) is 29.6 Å². The summed E-state index contributed by atoms with van der Waals surface area (Å²) in [5, 5.41) is 4.78. The van der Waals surface area contributed by atoms with Gasteiger partial charge in [-0.1, -0.05) is 70.1 Å². The standard InChI is InChI=1S/C18H11Cl5N2O3S/c1-27-9-4-2-3-8(5-9)10-7-29-18(24-10)25-11(26)6-28-17-15(22)13(20)12(19)14(21)16(17)23/h2-5,7H,6H2,1H3,(H,24,25,26). The average Bonchev–Trinajstić information content (AvgIpc) is 3.19. The van der Waals surface area contributed by atoms with Crippen molar-refractivity contribution in [3.63, 3.8) is 0 Å². The van der Waals surface area contributed by atoms with Gasteiger partial charge in [-0.15, -0.1) is 11.3 Å². The van der Waals surface area contributed by atoms with Crippen LogP contribution in [0.3, 0.4) is 0 Å². The number of carbonyl (C=O) groups excluding carboxylic acids is 1.